The van der Waals surface area contributed by atoms with Gasteiger partial charge in [0.2, 0.25) is 5.95 Å². The smallest absolute Gasteiger partial charge is 0.227 e. The normalized spacial score (nSPS) is 13.4. The summed E-state index contributed by atoms with van der Waals surface area (Å²) in [6.07, 6.45) is 5.97. The lowest BCUT2D eigenvalue weighted by Gasteiger charge is -2.16. The Balaban J connectivity index is 1.52. The summed E-state index contributed by atoms with van der Waals surface area (Å²) < 4.78 is 0. The van der Waals surface area contributed by atoms with E-state index in [0.29, 0.717) is 11.5 Å². The van der Waals surface area contributed by atoms with Gasteiger partial charge in [-0.25, -0.2) is 15.0 Å². The highest BCUT2D eigenvalue weighted by molar-refractivity contribution is 5.63. The van der Waals surface area contributed by atoms with Crippen molar-refractivity contribution in [1.29, 1.82) is 5.26 Å². The molecule has 3 aromatic rings. The summed E-state index contributed by atoms with van der Waals surface area (Å²) in [5.74, 6) is 1.51. The van der Waals surface area contributed by atoms with Gasteiger partial charge in [-0.1, -0.05) is 12.1 Å². The molecular formula is C20H18N6. The molecule has 0 saturated carbocycles. The first kappa shape index (κ1) is 16.0. The molecule has 1 aromatic carbocycles. The number of nitrogens with zero attached hydrogens (tertiary/aromatic N) is 5. The zero-order valence-corrected chi connectivity index (χ0v) is 14.3. The maximum absolute atomic E-state index is 9.05. The minimum atomic E-state index is 0.501. The summed E-state index contributed by atoms with van der Waals surface area (Å²) in [4.78, 5) is 15.6. The maximum atomic E-state index is 9.05. The van der Waals surface area contributed by atoms with Crippen LogP contribution >= 0.6 is 0 Å². The van der Waals surface area contributed by atoms with E-state index in [2.05, 4.69) is 31.2 Å². The van der Waals surface area contributed by atoms with Crippen molar-refractivity contribution in [2.24, 2.45) is 0 Å². The fraction of sp³-hybridized carbons (Fsp3) is 0.200. The molecule has 0 radical (unpaired) electrons. The first-order valence-electron chi connectivity index (χ1n) is 8.63. The highest BCUT2D eigenvalue weighted by atomic mass is 15.2. The van der Waals surface area contributed by atoms with Gasteiger partial charge < -0.3 is 10.2 Å². The van der Waals surface area contributed by atoms with Crippen LogP contribution in [0.4, 0.5) is 17.5 Å². The molecule has 2 aromatic heterocycles. The van der Waals surface area contributed by atoms with Gasteiger partial charge in [0, 0.05) is 24.8 Å². The molecule has 6 heteroatoms. The number of aromatic nitrogens is 3. The third kappa shape index (κ3) is 3.47. The third-order valence-corrected chi connectivity index (χ3v) is 4.38. The number of benzene rings is 1. The molecule has 3 heterocycles. The fourth-order valence-electron chi connectivity index (χ4n) is 3.05. The van der Waals surface area contributed by atoms with E-state index >= 15 is 0 Å². The lowest BCUT2D eigenvalue weighted by Crippen LogP contribution is -2.18. The highest BCUT2D eigenvalue weighted by Gasteiger charge is 2.13. The molecular weight excluding hydrogens is 324 g/mol. The van der Waals surface area contributed by atoms with Crippen LogP contribution in [-0.4, -0.2) is 28.0 Å². The van der Waals surface area contributed by atoms with E-state index in [0.717, 1.165) is 35.9 Å². The molecule has 4 rings (SSSR count). The van der Waals surface area contributed by atoms with Gasteiger partial charge in [0.05, 0.1) is 29.2 Å². The molecule has 1 fully saturated rings. The van der Waals surface area contributed by atoms with Crippen molar-refractivity contribution < 1.29 is 0 Å². The maximum Gasteiger partial charge on any atom is 0.227 e. The monoisotopic (exact) mass is 342 g/mol. The van der Waals surface area contributed by atoms with Crippen LogP contribution in [0, 0.1) is 11.3 Å². The molecule has 0 amide bonds. The average Bonchev–Trinajstić information content (AvgIpc) is 3.24. The second-order valence-corrected chi connectivity index (χ2v) is 6.18. The molecule has 0 bridgehead atoms. The van der Waals surface area contributed by atoms with Crippen molar-refractivity contribution in [3.8, 4) is 17.3 Å². The Morgan fingerprint density at radius 3 is 2.69 bits per heavy atom. The van der Waals surface area contributed by atoms with Gasteiger partial charge in [-0.3, -0.25) is 0 Å². The topological polar surface area (TPSA) is 77.7 Å². The van der Waals surface area contributed by atoms with Crippen LogP contribution in [0.3, 0.4) is 0 Å². The Kier molecular flexibility index (Phi) is 4.44. The molecule has 6 nitrogen and oxygen atoms in total. The Morgan fingerprint density at radius 1 is 1.04 bits per heavy atom. The number of pyridine rings is 1. The predicted octanol–water partition coefficient (Wildman–Crippen LogP) is 3.75. The largest absolute Gasteiger partial charge is 0.357 e. The molecule has 26 heavy (non-hydrogen) atoms. The van der Waals surface area contributed by atoms with Crippen molar-refractivity contribution in [3.63, 3.8) is 0 Å². The minimum absolute atomic E-state index is 0.501. The Morgan fingerprint density at radius 2 is 1.92 bits per heavy atom. The molecule has 0 atom stereocenters. The Hall–Kier alpha value is -3.46. The van der Waals surface area contributed by atoms with Gasteiger partial charge in [0.25, 0.3) is 0 Å². The zero-order chi connectivity index (χ0) is 17.8. The minimum Gasteiger partial charge on any atom is -0.357 e. The summed E-state index contributed by atoms with van der Waals surface area (Å²) in [7, 11) is 0. The van der Waals surface area contributed by atoms with E-state index in [-0.39, 0.29) is 0 Å². The van der Waals surface area contributed by atoms with Crippen molar-refractivity contribution in [2.45, 2.75) is 12.8 Å². The summed E-state index contributed by atoms with van der Waals surface area (Å²) in [6, 6.07) is 15.4. The van der Waals surface area contributed by atoms with Crippen LogP contribution in [0.2, 0.25) is 0 Å². The van der Waals surface area contributed by atoms with Crippen LogP contribution in [0.1, 0.15) is 18.4 Å². The third-order valence-electron chi connectivity index (χ3n) is 4.38. The van der Waals surface area contributed by atoms with Crippen LogP contribution in [0.25, 0.3) is 11.3 Å². The zero-order valence-electron chi connectivity index (χ0n) is 14.3. The van der Waals surface area contributed by atoms with E-state index in [9.17, 15) is 0 Å². The second-order valence-electron chi connectivity index (χ2n) is 6.18. The number of hydrogen-bond donors (Lipinski definition) is 1. The average molecular weight is 342 g/mol. The molecule has 1 aliphatic rings. The standard InChI is InChI=1S/C20H18N6/c21-13-15-4-3-5-16(12-15)18-8-9-22-20(25-18)24-17-6-7-19(23-14-17)26-10-1-2-11-26/h3-9,12,14H,1-2,10-11H2,(H,22,24,25). The van der Waals surface area contributed by atoms with E-state index in [4.69, 9.17) is 5.26 Å². The number of rotatable bonds is 4. The van der Waals surface area contributed by atoms with E-state index < -0.39 is 0 Å². The first-order valence-corrected chi connectivity index (χ1v) is 8.63. The molecule has 0 spiro atoms. The number of anilines is 3. The van der Waals surface area contributed by atoms with Gasteiger partial charge in [0.1, 0.15) is 5.82 Å². The van der Waals surface area contributed by atoms with Crippen molar-refractivity contribution in [2.75, 3.05) is 23.3 Å². The molecule has 1 N–H and O–H groups in total. The predicted molar refractivity (Wildman–Crippen MR) is 101 cm³/mol. The molecule has 0 unspecified atom stereocenters. The summed E-state index contributed by atoms with van der Waals surface area (Å²) in [6.45, 7) is 2.15. The van der Waals surface area contributed by atoms with Gasteiger partial charge in [-0.2, -0.15) is 5.26 Å². The lowest BCUT2D eigenvalue weighted by molar-refractivity contribution is 0.938. The molecule has 0 aliphatic carbocycles. The summed E-state index contributed by atoms with van der Waals surface area (Å²) >= 11 is 0. The van der Waals surface area contributed by atoms with Crippen LogP contribution < -0.4 is 10.2 Å². The van der Waals surface area contributed by atoms with Crippen molar-refractivity contribution >= 4 is 17.5 Å². The summed E-state index contributed by atoms with van der Waals surface area (Å²) in [5.41, 5.74) is 3.10. The van der Waals surface area contributed by atoms with Crippen molar-refractivity contribution in [3.05, 3.63) is 60.4 Å². The molecule has 1 saturated heterocycles. The van der Waals surface area contributed by atoms with Crippen LogP contribution in [0.5, 0.6) is 0 Å². The number of nitrogens with one attached hydrogen (secondary N) is 1. The first-order chi connectivity index (χ1) is 12.8. The second kappa shape index (κ2) is 7.19. The van der Waals surface area contributed by atoms with E-state index in [1.807, 2.05) is 36.4 Å². The van der Waals surface area contributed by atoms with Gasteiger partial charge in [0.15, 0.2) is 0 Å². The van der Waals surface area contributed by atoms with Crippen LogP contribution in [0.15, 0.2) is 54.9 Å². The molecule has 1 aliphatic heterocycles. The number of hydrogen-bond acceptors (Lipinski definition) is 6. The van der Waals surface area contributed by atoms with Crippen molar-refractivity contribution in [1.82, 2.24) is 15.0 Å². The van der Waals surface area contributed by atoms with Gasteiger partial charge in [-0.05, 0) is 43.2 Å². The quantitative estimate of drug-likeness (QED) is 0.778. The lowest BCUT2D eigenvalue weighted by atomic mass is 10.1. The van der Waals surface area contributed by atoms with E-state index in [1.54, 1.807) is 18.5 Å². The van der Waals surface area contributed by atoms with Gasteiger partial charge in [-0.15, -0.1) is 0 Å². The fourth-order valence-corrected chi connectivity index (χ4v) is 3.05. The Labute approximate surface area is 152 Å². The number of nitriles is 1. The summed E-state index contributed by atoms with van der Waals surface area (Å²) in [5, 5.41) is 12.2. The highest BCUT2D eigenvalue weighted by Crippen LogP contribution is 2.22. The Bertz CT molecular complexity index is 939. The SMILES string of the molecule is N#Cc1cccc(-c2ccnc(Nc3ccc(N4CCCC4)nc3)n2)c1. The van der Waals surface area contributed by atoms with Gasteiger partial charge >= 0.3 is 0 Å². The van der Waals surface area contributed by atoms with Crippen LogP contribution in [-0.2, 0) is 0 Å². The molecule has 128 valence electrons. The van der Waals surface area contributed by atoms with E-state index in [1.165, 1.54) is 12.8 Å².